The monoisotopic (exact) mass is 334 g/mol. The van der Waals surface area contributed by atoms with Crippen LogP contribution in [0.1, 0.15) is 18.1 Å². The van der Waals surface area contributed by atoms with E-state index in [0.717, 1.165) is 22.5 Å². The van der Waals surface area contributed by atoms with E-state index in [1.165, 1.54) is 0 Å². The second-order valence-electron chi connectivity index (χ2n) is 5.89. The molecule has 0 saturated heterocycles. The number of esters is 1. The number of hydrogen-bond donors (Lipinski definition) is 1. The van der Waals surface area contributed by atoms with Crippen molar-refractivity contribution in [2.45, 2.75) is 13.8 Å². The summed E-state index contributed by atoms with van der Waals surface area (Å²) in [6, 6.07) is 13.4. The van der Waals surface area contributed by atoms with Crippen LogP contribution in [0.15, 0.2) is 48.7 Å². The van der Waals surface area contributed by atoms with Crippen LogP contribution < -0.4 is 15.7 Å². The van der Waals surface area contributed by atoms with Gasteiger partial charge in [-0.05, 0) is 43.2 Å². The molecule has 0 bridgehead atoms. The van der Waals surface area contributed by atoms with Crippen molar-refractivity contribution in [1.82, 2.24) is 0 Å². The average Bonchev–Trinajstić information content (AvgIpc) is 2.59. The van der Waals surface area contributed by atoms with Crippen molar-refractivity contribution >= 4 is 36.2 Å². The number of ether oxygens (including phenoxy) is 1. The summed E-state index contributed by atoms with van der Waals surface area (Å²) in [6.07, 6.45) is 1.68. The van der Waals surface area contributed by atoms with Gasteiger partial charge in [0.2, 0.25) is 0 Å². The maximum absolute atomic E-state index is 12.4. The Labute approximate surface area is 150 Å². The molecule has 0 aromatic heterocycles. The molecule has 0 aliphatic carbocycles. The molecular formula is C20H23BN2O2. The summed E-state index contributed by atoms with van der Waals surface area (Å²) in [5.41, 5.74) is 4.65. The highest BCUT2D eigenvalue weighted by atomic mass is 16.5. The number of nitrogens with zero attached hydrogens (tertiary/aromatic N) is 1. The Bertz CT molecular complexity index is 785. The van der Waals surface area contributed by atoms with Gasteiger partial charge in [-0.3, -0.25) is 0 Å². The third-order valence-corrected chi connectivity index (χ3v) is 3.91. The molecule has 4 nitrogen and oxygen atoms in total. The van der Waals surface area contributed by atoms with Gasteiger partial charge >= 0.3 is 5.97 Å². The number of carbonyl (C=O) groups excluding carboxylic acids is 1. The van der Waals surface area contributed by atoms with Gasteiger partial charge in [0.05, 0.1) is 12.2 Å². The van der Waals surface area contributed by atoms with Crippen molar-refractivity contribution in [1.29, 1.82) is 0 Å². The molecule has 0 fully saturated rings. The number of benzene rings is 2. The topological polar surface area (TPSA) is 41.6 Å². The van der Waals surface area contributed by atoms with Gasteiger partial charge in [-0.2, -0.15) is 0 Å². The van der Waals surface area contributed by atoms with Gasteiger partial charge in [0.1, 0.15) is 7.85 Å². The van der Waals surface area contributed by atoms with Gasteiger partial charge in [-0.25, -0.2) is 4.79 Å². The zero-order valence-corrected chi connectivity index (χ0v) is 15.2. The van der Waals surface area contributed by atoms with Gasteiger partial charge in [0.15, 0.2) is 0 Å². The Morgan fingerprint density at radius 2 is 1.96 bits per heavy atom. The molecular weight excluding hydrogens is 311 g/mol. The number of hydrogen-bond acceptors (Lipinski definition) is 4. The molecule has 25 heavy (non-hydrogen) atoms. The Balaban J connectivity index is 2.39. The van der Waals surface area contributed by atoms with E-state index in [-0.39, 0.29) is 5.97 Å². The summed E-state index contributed by atoms with van der Waals surface area (Å²) in [4.78, 5) is 14.4. The summed E-state index contributed by atoms with van der Waals surface area (Å²) >= 11 is 0. The molecule has 0 amide bonds. The molecule has 2 rings (SSSR count). The molecule has 5 heteroatoms. The Morgan fingerprint density at radius 3 is 2.64 bits per heavy atom. The van der Waals surface area contributed by atoms with Crippen molar-refractivity contribution in [3.05, 3.63) is 59.8 Å². The summed E-state index contributed by atoms with van der Waals surface area (Å²) < 4.78 is 5.21. The van der Waals surface area contributed by atoms with E-state index in [1.54, 1.807) is 13.1 Å². The van der Waals surface area contributed by atoms with E-state index in [9.17, 15) is 4.79 Å². The summed E-state index contributed by atoms with van der Waals surface area (Å²) in [6.45, 7) is 3.99. The lowest BCUT2D eigenvalue weighted by molar-refractivity contribution is -0.136. The fourth-order valence-corrected chi connectivity index (χ4v) is 2.43. The van der Waals surface area contributed by atoms with Crippen molar-refractivity contribution in [3.63, 3.8) is 0 Å². The van der Waals surface area contributed by atoms with E-state index in [4.69, 9.17) is 12.6 Å². The lowest BCUT2D eigenvalue weighted by Gasteiger charge is -2.15. The molecule has 0 unspecified atom stereocenters. The zero-order chi connectivity index (χ0) is 18.4. The minimum absolute atomic E-state index is 0.313. The van der Waals surface area contributed by atoms with Crippen LogP contribution in [-0.4, -0.2) is 34.5 Å². The maximum atomic E-state index is 12.4. The van der Waals surface area contributed by atoms with Gasteiger partial charge in [-0.1, -0.05) is 29.7 Å². The van der Waals surface area contributed by atoms with Crippen molar-refractivity contribution in [3.8, 4) is 0 Å². The highest BCUT2D eigenvalue weighted by Gasteiger charge is 2.16. The Kier molecular flexibility index (Phi) is 6.28. The van der Waals surface area contributed by atoms with E-state index < -0.39 is 0 Å². The first kappa shape index (κ1) is 18.7. The van der Waals surface area contributed by atoms with Crippen LogP contribution >= 0.6 is 0 Å². The normalized spacial score (nSPS) is 11.1. The average molecular weight is 334 g/mol. The molecule has 0 heterocycles. The minimum atomic E-state index is -0.382. The standard InChI is InChI=1S/C20H23BN2O2/c1-5-25-20(24)18(17-10-7-11-19(21)14(17)2)13-22-15-8-6-9-16(12-15)23(3)4/h6-13,22H,5H2,1-4H3/b18-13-. The van der Waals surface area contributed by atoms with Crippen LogP contribution in [0.5, 0.6) is 0 Å². The summed E-state index contributed by atoms with van der Waals surface area (Å²) in [5, 5.41) is 3.19. The van der Waals surface area contributed by atoms with E-state index in [0.29, 0.717) is 17.6 Å². The second-order valence-corrected chi connectivity index (χ2v) is 5.89. The lowest BCUT2D eigenvalue weighted by atomic mass is 9.86. The van der Waals surface area contributed by atoms with Crippen LogP contribution in [0.4, 0.5) is 11.4 Å². The van der Waals surface area contributed by atoms with Crippen LogP contribution in [0.3, 0.4) is 0 Å². The molecule has 128 valence electrons. The van der Waals surface area contributed by atoms with Gasteiger partial charge < -0.3 is 15.0 Å². The van der Waals surface area contributed by atoms with Crippen LogP contribution in [0.2, 0.25) is 0 Å². The van der Waals surface area contributed by atoms with Crippen molar-refractivity contribution in [2.24, 2.45) is 0 Å². The van der Waals surface area contributed by atoms with Gasteiger partial charge in [0, 0.05) is 31.7 Å². The predicted molar refractivity (Wildman–Crippen MR) is 106 cm³/mol. The summed E-state index contributed by atoms with van der Waals surface area (Å²) in [7, 11) is 9.95. The zero-order valence-electron chi connectivity index (χ0n) is 15.2. The van der Waals surface area contributed by atoms with Crippen LogP contribution in [0, 0.1) is 6.92 Å². The number of anilines is 2. The van der Waals surface area contributed by atoms with Crippen molar-refractivity contribution < 1.29 is 9.53 Å². The molecule has 0 atom stereocenters. The fourth-order valence-electron chi connectivity index (χ4n) is 2.43. The maximum Gasteiger partial charge on any atom is 0.340 e. The number of rotatable bonds is 6. The molecule has 0 aliphatic rings. The Morgan fingerprint density at radius 1 is 1.24 bits per heavy atom. The first-order valence-electron chi connectivity index (χ1n) is 8.20. The summed E-state index contributed by atoms with van der Waals surface area (Å²) in [5.74, 6) is -0.382. The first-order valence-corrected chi connectivity index (χ1v) is 8.20. The van der Waals surface area contributed by atoms with E-state index in [1.807, 2.05) is 68.4 Å². The first-order chi connectivity index (χ1) is 11.9. The largest absolute Gasteiger partial charge is 0.462 e. The third-order valence-electron chi connectivity index (χ3n) is 3.91. The van der Waals surface area contributed by atoms with E-state index >= 15 is 0 Å². The second kappa shape index (κ2) is 8.42. The molecule has 0 saturated carbocycles. The SMILES string of the molecule is [B]c1cccc(/C(=C/Nc2cccc(N(C)C)c2)C(=O)OCC)c1C. The minimum Gasteiger partial charge on any atom is -0.462 e. The van der Waals surface area contributed by atoms with Crippen LogP contribution in [0.25, 0.3) is 5.57 Å². The lowest BCUT2D eigenvalue weighted by Crippen LogP contribution is -2.14. The third kappa shape index (κ3) is 4.66. The number of carbonyl (C=O) groups is 1. The smallest absolute Gasteiger partial charge is 0.340 e. The van der Waals surface area contributed by atoms with E-state index in [2.05, 4.69) is 5.32 Å². The molecule has 2 aromatic carbocycles. The highest BCUT2D eigenvalue weighted by molar-refractivity contribution is 6.34. The highest BCUT2D eigenvalue weighted by Crippen LogP contribution is 2.21. The molecule has 0 spiro atoms. The quantitative estimate of drug-likeness (QED) is 0.501. The van der Waals surface area contributed by atoms with Crippen molar-refractivity contribution in [2.75, 3.05) is 30.9 Å². The molecule has 1 N–H and O–H groups in total. The predicted octanol–water partition coefficient (Wildman–Crippen LogP) is 2.87. The van der Waals surface area contributed by atoms with Gasteiger partial charge in [-0.15, -0.1) is 0 Å². The fraction of sp³-hybridized carbons (Fsp3) is 0.250. The molecule has 2 radical (unpaired) electrons. The van der Waals surface area contributed by atoms with Crippen LogP contribution in [-0.2, 0) is 9.53 Å². The Hall–Kier alpha value is -2.69. The molecule has 0 aliphatic heterocycles. The van der Waals surface area contributed by atoms with Gasteiger partial charge in [0.25, 0.3) is 0 Å². The number of nitrogens with one attached hydrogen (secondary N) is 1. The molecule has 2 aromatic rings.